The van der Waals surface area contributed by atoms with E-state index in [1.54, 1.807) is 0 Å². The second-order valence-electron chi connectivity index (χ2n) is 7.37. The molecule has 3 heteroatoms. The fraction of sp³-hybridized carbons (Fsp3) is 0.933. The average Bonchev–Trinajstić information content (AvgIpc) is 2.78. The van der Waals surface area contributed by atoms with Gasteiger partial charge in [-0.3, -0.25) is 4.79 Å². The van der Waals surface area contributed by atoms with Gasteiger partial charge < -0.3 is 9.47 Å². The molecule has 2 aliphatic carbocycles. The molecule has 0 radical (unpaired) electrons. The van der Waals surface area contributed by atoms with Crippen molar-refractivity contribution in [2.24, 2.45) is 29.1 Å². The molecule has 0 bridgehead atoms. The third-order valence-electron chi connectivity index (χ3n) is 5.28. The quantitative estimate of drug-likeness (QED) is 0.665. The third kappa shape index (κ3) is 1.75. The molecule has 0 N–H and O–H groups in total. The Morgan fingerprint density at radius 1 is 1.00 bits per heavy atom. The molecule has 2 saturated carbocycles. The van der Waals surface area contributed by atoms with Gasteiger partial charge in [0.05, 0.1) is 13.2 Å². The van der Waals surface area contributed by atoms with Crippen molar-refractivity contribution in [1.82, 2.24) is 0 Å². The van der Waals surface area contributed by atoms with Crippen molar-refractivity contribution in [1.29, 1.82) is 0 Å². The van der Waals surface area contributed by atoms with Crippen LogP contribution in [-0.2, 0) is 14.3 Å². The second kappa shape index (κ2) is 3.80. The molecule has 0 aromatic rings. The topological polar surface area (TPSA) is 35.5 Å². The molecular formula is C15H24O3. The van der Waals surface area contributed by atoms with Gasteiger partial charge in [0.15, 0.2) is 5.79 Å². The highest BCUT2D eigenvalue weighted by Crippen LogP contribution is 2.55. The first-order valence-corrected chi connectivity index (χ1v) is 7.15. The first-order chi connectivity index (χ1) is 8.34. The molecule has 1 spiro atoms. The summed E-state index contributed by atoms with van der Waals surface area (Å²) in [6.45, 7) is 10.0. The molecule has 3 rings (SSSR count). The van der Waals surface area contributed by atoms with Gasteiger partial charge in [0.1, 0.15) is 5.78 Å². The van der Waals surface area contributed by atoms with Crippen LogP contribution in [-0.4, -0.2) is 24.8 Å². The van der Waals surface area contributed by atoms with Crippen LogP contribution in [0, 0.1) is 29.1 Å². The highest BCUT2D eigenvalue weighted by Gasteiger charge is 2.58. The number of hydrogen-bond acceptors (Lipinski definition) is 3. The fourth-order valence-corrected chi connectivity index (χ4v) is 4.01. The van der Waals surface area contributed by atoms with Gasteiger partial charge in [0.25, 0.3) is 0 Å². The van der Waals surface area contributed by atoms with Gasteiger partial charge in [-0.15, -0.1) is 0 Å². The summed E-state index contributed by atoms with van der Waals surface area (Å²) >= 11 is 0. The predicted molar refractivity (Wildman–Crippen MR) is 68.0 cm³/mol. The Kier molecular flexibility index (Phi) is 2.66. The molecule has 4 atom stereocenters. The van der Waals surface area contributed by atoms with Gasteiger partial charge in [-0.25, -0.2) is 0 Å². The highest BCUT2D eigenvalue weighted by atomic mass is 16.7. The lowest BCUT2D eigenvalue weighted by Gasteiger charge is -2.42. The summed E-state index contributed by atoms with van der Waals surface area (Å²) in [5.41, 5.74) is 0.121. The maximum atomic E-state index is 12.0. The SMILES string of the molecule is C[C@@H]1C(=O)[C@H](C)[C@H]2CC3(C[C@H]21)OCC(C)(C)CO3. The number of carbonyl (C=O) groups excluding carboxylic acids is 1. The number of carbonyl (C=O) groups is 1. The van der Waals surface area contributed by atoms with Crippen LogP contribution in [0.25, 0.3) is 0 Å². The Balaban J connectivity index is 1.75. The molecule has 0 aromatic carbocycles. The van der Waals surface area contributed by atoms with E-state index in [4.69, 9.17) is 9.47 Å². The van der Waals surface area contributed by atoms with Gasteiger partial charge in [-0.1, -0.05) is 27.7 Å². The summed E-state index contributed by atoms with van der Waals surface area (Å²) in [7, 11) is 0. The lowest BCUT2D eigenvalue weighted by atomic mass is 9.92. The minimum absolute atomic E-state index is 0.121. The van der Waals surface area contributed by atoms with E-state index in [-0.39, 0.29) is 23.0 Å². The van der Waals surface area contributed by atoms with Crippen LogP contribution < -0.4 is 0 Å². The van der Waals surface area contributed by atoms with Gasteiger partial charge in [-0.2, -0.15) is 0 Å². The zero-order valence-corrected chi connectivity index (χ0v) is 11.9. The molecule has 1 saturated heterocycles. The standard InChI is InChI=1S/C15H24O3/c1-9-11-5-15(6-12(11)10(2)13(9)16)17-7-14(3,4)8-18-15/h9-12H,5-8H2,1-4H3/t9-,10+,11-,12+. The number of ketones is 1. The summed E-state index contributed by atoms with van der Waals surface area (Å²) in [6.07, 6.45) is 1.82. The van der Waals surface area contributed by atoms with E-state index in [1.807, 2.05) is 0 Å². The van der Waals surface area contributed by atoms with Crippen LogP contribution in [0.3, 0.4) is 0 Å². The van der Waals surface area contributed by atoms with Crippen LogP contribution in [0.4, 0.5) is 0 Å². The molecule has 3 nitrogen and oxygen atoms in total. The van der Waals surface area contributed by atoms with Crippen LogP contribution >= 0.6 is 0 Å². The molecule has 18 heavy (non-hydrogen) atoms. The van der Waals surface area contributed by atoms with Crippen molar-refractivity contribution >= 4 is 5.78 Å². The Labute approximate surface area is 109 Å². The van der Waals surface area contributed by atoms with Crippen molar-refractivity contribution in [2.75, 3.05) is 13.2 Å². The molecule has 0 aromatic heterocycles. The van der Waals surface area contributed by atoms with Crippen LogP contribution in [0.2, 0.25) is 0 Å². The van der Waals surface area contributed by atoms with Crippen molar-refractivity contribution in [3.05, 3.63) is 0 Å². The maximum Gasteiger partial charge on any atom is 0.168 e. The van der Waals surface area contributed by atoms with E-state index in [1.165, 1.54) is 0 Å². The molecular weight excluding hydrogens is 228 g/mol. The summed E-state index contributed by atoms with van der Waals surface area (Å²) in [5, 5.41) is 0. The highest BCUT2D eigenvalue weighted by molar-refractivity contribution is 5.86. The molecule has 0 unspecified atom stereocenters. The largest absolute Gasteiger partial charge is 0.349 e. The smallest absolute Gasteiger partial charge is 0.168 e. The van der Waals surface area contributed by atoms with E-state index in [0.717, 1.165) is 26.1 Å². The zero-order valence-electron chi connectivity index (χ0n) is 11.9. The van der Waals surface area contributed by atoms with Gasteiger partial charge in [-0.05, 0) is 11.8 Å². The fourth-order valence-electron chi connectivity index (χ4n) is 4.01. The van der Waals surface area contributed by atoms with E-state index in [0.29, 0.717) is 17.6 Å². The normalized spacial score (nSPS) is 45.4. The number of Topliss-reactive ketones (excluding diaryl/α,β-unsaturated/α-hetero) is 1. The number of fused-ring (bicyclic) bond motifs is 1. The van der Waals surface area contributed by atoms with Crippen molar-refractivity contribution in [2.45, 2.75) is 46.3 Å². The van der Waals surface area contributed by atoms with Gasteiger partial charge >= 0.3 is 0 Å². The van der Waals surface area contributed by atoms with E-state index in [9.17, 15) is 4.79 Å². The monoisotopic (exact) mass is 252 g/mol. The average molecular weight is 252 g/mol. The molecule has 1 heterocycles. The maximum absolute atomic E-state index is 12.0. The third-order valence-corrected chi connectivity index (χ3v) is 5.28. The van der Waals surface area contributed by atoms with Crippen LogP contribution in [0.15, 0.2) is 0 Å². The number of ether oxygens (including phenoxy) is 2. The Bertz CT molecular complexity index is 342. The molecule has 0 amide bonds. The van der Waals surface area contributed by atoms with E-state index < -0.39 is 0 Å². The van der Waals surface area contributed by atoms with E-state index >= 15 is 0 Å². The molecule has 102 valence electrons. The first-order valence-electron chi connectivity index (χ1n) is 7.15. The summed E-state index contributed by atoms with van der Waals surface area (Å²) < 4.78 is 12.2. The van der Waals surface area contributed by atoms with Crippen LogP contribution in [0.1, 0.15) is 40.5 Å². The van der Waals surface area contributed by atoms with Crippen molar-refractivity contribution < 1.29 is 14.3 Å². The van der Waals surface area contributed by atoms with Gasteiger partial charge in [0.2, 0.25) is 0 Å². The zero-order chi connectivity index (χ0) is 13.1. The Morgan fingerprint density at radius 3 is 1.89 bits per heavy atom. The Hall–Kier alpha value is -0.410. The minimum atomic E-state index is -0.381. The summed E-state index contributed by atoms with van der Waals surface area (Å²) in [6, 6.07) is 0. The van der Waals surface area contributed by atoms with Gasteiger partial charge in [0, 0.05) is 30.1 Å². The predicted octanol–water partition coefficient (Wildman–Crippen LogP) is 2.64. The number of rotatable bonds is 0. The second-order valence-corrected chi connectivity index (χ2v) is 7.37. The lowest BCUT2D eigenvalue weighted by molar-refractivity contribution is -0.297. The Morgan fingerprint density at radius 2 is 1.44 bits per heavy atom. The molecule has 3 aliphatic rings. The summed E-state index contributed by atoms with van der Waals surface area (Å²) in [4.78, 5) is 12.0. The number of hydrogen-bond donors (Lipinski definition) is 0. The lowest BCUT2D eigenvalue weighted by Crippen LogP contribution is -2.46. The van der Waals surface area contributed by atoms with Crippen LogP contribution in [0.5, 0.6) is 0 Å². The first kappa shape index (κ1) is 12.6. The molecule has 3 fully saturated rings. The van der Waals surface area contributed by atoms with Crippen molar-refractivity contribution in [3.8, 4) is 0 Å². The molecule has 1 aliphatic heterocycles. The minimum Gasteiger partial charge on any atom is -0.349 e. The van der Waals surface area contributed by atoms with Crippen molar-refractivity contribution in [3.63, 3.8) is 0 Å². The van der Waals surface area contributed by atoms with E-state index in [2.05, 4.69) is 27.7 Å². The summed E-state index contributed by atoms with van der Waals surface area (Å²) in [5.74, 6) is 1.37.